The number of nitrogens with one attached hydrogen (secondary N) is 4. The standard InChI is InChI=1S/C46H58N6O12/c1-5-26(2)38-46(63)64-27(3)39(50-42(59)36(55)25-53)43(60)48-33(22-28-12-8-6-9-13-28)40(57)47-32-20-21-37(56)52(44(32)61)35(24-29-14-10-7-11-15-29)45(62)51(4)34(41(58)49-38)23-30-16-18-31(54)19-17-30/h6-19,26-27,32-39,53-56H,5,20-25H2,1-4H3,(H,47,57)(H,48,60)(H,49,58)(H,50,59)/t26-,27-,32-,33?,34-,35-,36-,37+,38+,39-/m0/s1. The third-order valence-electron chi connectivity index (χ3n) is 11.8. The molecule has 18 nitrogen and oxygen atoms in total. The summed E-state index contributed by atoms with van der Waals surface area (Å²) in [7, 11) is 1.37. The summed E-state index contributed by atoms with van der Waals surface area (Å²) in [6, 6.07) is 14.6. The van der Waals surface area contributed by atoms with Crippen LogP contribution >= 0.6 is 0 Å². The lowest BCUT2D eigenvalue weighted by molar-refractivity contribution is -0.165. The van der Waals surface area contributed by atoms with Crippen LogP contribution in [0.15, 0.2) is 84.9 Å². The van der Waals surface area contributed by atoms with Crippen LogP contribution in [0.5, 0.6) is 5.75 Å². The predicted octanol–water partition coefficient (Wildman–Crippen LogP) is -0.160. The summed E-state index contributed by atoms with van der Waals surface area (Å²) >= 11 is 0. The van der Waals surface area contributed by atoms with E-state index < -0.39 is 109 Å². The van der Waals surface area contributed by atoms with Crippen molar-refractivity contribution < 1.29 is 58.7 Å². The SMILES string of the molecule is CC[C@H](C)[C@H]1NC(=O)[C@H](Cc2ccc(O)cc2)N(C)C(=O)[C@H](Cc2ccccc2)N2C(=O)[C@H](CC[C@H]2O)NC(=O)C(Cc2ccccc2)NC(=O)[C@@H](NC(=O)[C@@H](O)CO)[C@H](C)OC1=O. The Hall–Kier alpha value is -6.37. The fourth-order valence-electron chi connectivity index (χ4n) is 7.76. The number of hydrogen-bond acceptors (Lipinski definition) is 12. The van der Waals surface area contributed by atoms with Gasteiger partial charge >= 0.3 is 5.97 Å². The number of amides is 6. The molecule has 2 heterocycles. The number of aliphatic hydroxyl groups excluding tert-OH is 3. The Morgan fingerprint density at radius 3 is 1.95 bits per heavy atom. The Morgan fingerprint density at radius 1 is 0.781 bits per heavy atom. The number of carbonyl (C=O) groups excluding carboxylic acids is 7. The minimum atomic E-state index is -1.98. The molecule has 0 radical (unpaired) electrons. The fourth-order valence-corrected chi connectivity index (χ4v) is 7.76. The molecular formula is C46H58N6O12. The summed E-state index contributed by atoms with van der Waals surface area (Å²) in [5.74, 6) is -7.08. The Bertz CT molecular complexity index is 2110. The van der Waals surface area contributed by atoms with E-state index in [1.807, 2.05) is 0 Å². The normalized spacial score (nSPS) is 26.2. The summed E-state index contributed by atoms with van der Waals surface area (Å²) in [5, 5.41) is 51.6. The highest BCUT2D eigenvalue weighted by Crippen LogP contribution is 2.26. The van der Waals surface area contributed by atoms with Gasteiger partial charge in [0, 0.05) is 26.3 Å². The number of nitrogens with zero attached hydrogens (tertiary/aromatic N) is 2. The highest BCUT2D eigenvalue weighted by atomic mass is 16.5. The monoisotopic (exact) mass is 886 g/mol. The number of aliphatic hydroxyl groups is 3. The largest absolute Gasteiger partial charge is 0.508 e. The lowest BCUT2D eigenvalue weighted by atomic mass is 9.95. The highest BCUT2D eigenvalue weighted by Gasteiger charge is 2.46. The van der Waals surface area contributed by atoms with E-state index in [0.717, 1.165) is 9.80 Å². The van der Waals surface area contributed by atoms with E-state index in [9.17, 15) is 49.2 Å². The van der Waals surface area contributed by atoms with Gasteiger partial charge in [0.1, 0.15) is 54.3 Å². The molecule has 344 valence electrons. The van der Waals surface area contributed by atoms with Crippen LogP contribution < -0.4 is 21.3 Å². The summed E-state index contributed by atoms with van der Waals surface area (Å²) in [4.78, 5) is 102. The average molecular weight is 887 g/mol. The van der Waals surface area contributed by atoms with E-state index in [4.69, 9.17) is 4.74 Å². The van der Waals surface area contributed by atoms with E-state index >= 15 is 4.79 Å². The molecule has 5 rings (SSSR count). The van der Waals surface area contributed by atoms with E-state index in [-0.39, 0.29) is 37.9 Å². The number of likely N-dealkylation sites (N-methyl/N-ethyl adjacent to an activating group) is 1. The smallest absolute Gasteiger partial charge is 0.329 e. The second kappa shape index (κ2) is 22.3. The van der Waals surface area contributed by atoms with E-state index in [2.05, 4.69) is 21.3 Å². The van der Waals surface area contributed by atoms with Gasteiger partial charge in [0.15, 0.2) is 6.10 Å². The number of aromatic hydroxyl groups is 1. The summed E-state index contributed by atoms with van der Waals surface area (Å²) in [5.41, 5.74) is 1.73. The number of ether oxygens (including phenoxy) is 1. The van der Waals surface area contributed by atoms with Crippen molar-refractivity contribution in [2.24, 2.45) is 5.92 Å². The number of carbonyl (C=O) groups is 7. The molecule has 0 saturated carbocycles. The van der Waals surface area contributed by atoms with E-state index in [1.54, 1.807) is 86.6 Å². The molecule has 0 aliphatic carbocycles. The van der Waals surface area contributed by atoms with Crippen LogP contribution in [-0.2, 0) is 57.6 Å². The van der Waals surface area contributed by atoms with Crippen molar-refractivity contribution in [2.45, 2.75) is 114 Å². The Balaban J connectivity index is 1.65. The number of phenolic OH excluding ortho intramolecular Hbond substituents is 1. The summed E-state index contributed by atoms with van der Waals surface area (Å²) in [6.45, 7) is 3.71. The van der Waals surface area contributed by atoms with Crippen molar-refractivity contribution >= 4 is 41.4 Å². The topological polar surface area (TPSA) is 264 Å². The molecule has 3 aromatic carbocycles. The molecule has 2 aliphatic rings. The number of cyclic esters (lactones) is 1. The highest BCUT2D eigenvalue weighted by molar-refractivity contribution is 5.98. The molecule has 18 heteroatoms. The van der Waals surface area contributed by atoms with E-state index in [1.165, 1.54) is 26.1 Å². The molecule has 3 aromatic rings. The zero-order valence-electron chi connectivity index (χ0n) is 36.3. The Kier molecular flexibility index (Phi) is 17.0. The van der Waals surface area contributed by atoms with Crippen molar-refractivity contribution in [1.82, 2.24) is 31.1 Å². The maximum absolute atomic E-state index is 15.0. The quantitative estimate of drug-likeness (QED) is 0.117. The van der Waals surface area contributed by atoms with Crippen LogP contribution in [0.25, 0.3) is 0 Å². The van der Waals surface area contributed by atoms with Crippen LogP contribution in [0.1, 0.15) is 56.7 Å². The van der Waals surface area contributed by atoms with Crippen molar-refractivity contribution in [1.29, 1.82) is 0 Å². The van der Waals surface area contributed by atoms with Gasteiger partial charge in [-0.1, -0.05) is 93.1 Å². The minimum Gasteiger partial charge on any atom is -0.508 e. The zero-order chi connectivity index (χ0) is 46.7. The van der Waals surface area contributed by atoms with Crippen molar-refractivity contribution in [3.63, 3.8) is 0 Å². The molecule has 10 atom stereocenters. The number of rotatable bonds is 11. The zero-order valence-corrected chi connectivity index (χ0v) is 36.3. The maximum atomic E-state index is 15.0. The second-order valence-electron chi connectivity index (χ2n) is 16.4. The van der Waals surface area contributed by atoms with Gasteiger partial charge < -0.3 is 56.2 Å². The van der Waals surface area contributed by atoms with Crippen LogP contribution in [0, 0.1) is 5.92 Å². The van der Waals surface area contributed by atoms with Gasteiger partial charge in [-0.2, -0.15) is 0 Å². The van der Waals surface area contributed by atoms with Gasteiger partial charge in [0.05, 0.1) is 6.61 Å². The third-order valence-corrected chi connectivity index (χ3v) is 11.8. The molecule has 2 saturated heterocycles. The van der Waals surface area contributed by atoms with Gasteiger partial charge in [-0.15, -0.1) is 0 Å². The van der Waals surface area contributed by atoms with Crippen LogP contribution in [0.3, 0.4) is 0 Å². The van der Waals surface area contributed by atoms with Crippen molar-refractivity contribution in [2.75, 3.05) is 13.7 Å². The maximum Gasteiger partial charge on any atom is 0.329 e. The predicted molar refractivity (Wildman–Crippen MR) is 230 cm³/mol. The number of phenols is 1. The van der Waals surface area contributed by atoms with Gasteiger partial charge in [-0.25, -0.2) is 4.79 Å². The van der Waals surface area contributed by atoms with Crippen LogP contribution in [-0.4, -0.2) is 140 Å². The van der Waals surface area contributed by atoms with Gasteiger partial charge in [-0.05, 0) is 54.5 Å². The first kappa shape index (κ1) is 48.7. The second-order valence-corrected chi connectivity index (χ2v) is 16.4. The van der Waals surface area contributed by atoms with Crippen LogP contribution in [0.2, 0.25) is 0 Å². The Labute approximate surface area is 371 Å². The number of esters is 1. The van der Waals surface area contributed by atoms with Gasteiger partial charge in [-0.3, -0.25) is 28.8 Å². The lowest BCUT2D eigenvalue weighted by Crippen LogP contribution is -2.65. The molecule has 8 N–H and O–H groups in total. The molecule has 0 spiro atoms. The number of hydrogen-bond donors (Lipinski definition) is 8. The number of piperidine rings is 1. The molecule has 2 bridgehead atoms. The molecule has 2 fully saturated rings. The van der Waals surface area contributed by atoms with E-state index in [0.29, 0.717) is 23.1 Å². The molecule has 1 unspecified atom stereocenters. The number of benzene rings is 3. The van der Waals surface area contributed by atoms with Crippen molar-refractivity contribution in [3.8, 4) is 5.75 Å². The molecule has 64 heavy (non-hydrogen) atoms. The first-order chi connectivity index (χ1) is 30.5. The fraction of sp³-hybridized carbons (Fsp3) is 0.457. The van der Waals surface area contributed by atoms with Gasteiger partial charge in [0.25, 0.3) is 5.91 Å². The first-order valence-electron chi connectivity index (χ1n) is 21.4. The Morgan fingerprint density at radius 2 is 1.36 bits per heavy atom. The molecule has 0 aromatic heterocycles. The lowest BCUT2D eigenvalue weighted by Gasteiger charge is -2.43. The molecular weight excluding hydrogens is 829 g/mol. The minimum absolute atomic E-state index is 0.0468. The van der Waals surface area contributed by atoms with Crippen LogP contribution in [0.4, 0.5) is 0 Å². The average Bonchev–Trinajstić information content (AvgIpc) is 3.29. The van der Waals surface area contributed by atoms with Gasteiger partial charge in [0.2, 0.25) is 29.5 Å². The molecule has 2 aliphatic heterocycles. The summed E-state index contributed by atoms with van der Waals surface area (Å²) < 4.78 is 5.80. The molecule has 6 amide bonds. The van der Waals surface area contributed by atoms with Crippen molar-refractivity contribution in [3.05, 3.63) is 102 Å². The first-order valence-corrected chi connectivity index (χ1v) is 21.4. The number of fused-ring (bicyclic) bond motifs is 2. The summed E-state index contributed by atoms with van der Waals surface area (Å²) in [6.07, 6.45) is -5.13. The third kappa shape index (κ3) is 12.2.